The second kappa shape index (κ2) is 8.73. The number of nitrogens with one attached hydrogen (secondary N) is 2. The Kier molecular flexibility index (Phi) is 6.56. The summed E-state index contributed by atoms with van der Waals surface area (Å²) < 4.78 is 0. The monoisotopic (exact) mass is 292 g/mol. The van der Waals surface area contributed by atoms with Crippen molar-refractivity contribution in [2.75, 3.05) is 24.7 Å². The Balaban J connectivity index is 1.76. The number of hydrogen-bond acceptors (Lipinski definition) is 5. The van der Waals surface area contributed by atoms with Crippen LogP contribution < -0.4 is 5.32 Å². The van der Waals surface area contributed by atoms with Crippen LogP contribution >= 0.6 is 11.8 Å². The molecular weight excluding hydrogens is 272 g/mol. The van der Waals surface area contributed by atoms with Gasteiger partial charge in [0, 0.05) is 49.0 Å². The number of aromatic amines is 1. The first kappa shape index (κ1) is 15.0. The van der Waals surface area contributed by atoms with Crippen molar-refractivity contribution in [1.29, 1.82) is 0 Å². The number of aliphatic hydroxyl groups is 1. The summed E-state index contributed by atoms with van der Waals surface area (Å²) in [5.74, 6) is 2.07. The average Bonchev–Trinajstić information content (AvgIpc) is 2.96. The standard InChI is InChI=1S/C14H20N4OS/c19-6-2-7-20-8-5-16-10-13-11-17-18-14(13)12-3-1-4-15-9-12/h1,3-4,9,11,16,19H,2,5-8,10H2,(H,17,18). The molecule has 2 rings (SSSR count). The summed E-state index contributed by atoms with van der Waals surface area (Å²) in [5.41, 5.74) is 3.23. The number of H-pyrrole nitrogens is 1. The Morgan fingerprint density at radius 3 is 3.05 bits per heavy atom. The molecule has 108 valence electrons. The molecule has 0 aliphatic heterocycles. The summed E-state index contributed by atoms with van der Waals surface area (Å²) in [7, 11) is 0. The van der Waals surface area contributed by atoms with Crippen molar-refractivity contribution in [2.24, 2.45) is 0 Å². The fourth-order valence-corrected chi connectivity index (χ4v) is 2.67. The van der Waals surface area contributed by atoms with Gasteiger partial charge in [0.2, 0.25) is 0 Å². The zero-order valence-electron chi connectivity index (χ0n) is 11.4. The summed E-state index contributed by atoms with van der Waals surface area (Å²) in [5, 5.41) is 19.2. The van der Waals surface area contributed by atoms with E-state index in [1.807, 2.05) is 36.3 Å². The summed E-state index contributed by atoms with van der Waals surface area (Å²) in [4.78, 5) is 4.13. The van der Waals surface area contributed by atoms with Crippen LogP contribution in [0.3, 0.4) is 0 Å². The van der Waals surface area contributed by atoms with Gasteiger partial charge in [-0.25, -0.2) is 0 Å². The zero-order valence-corrected chi connectivity index (χ0v) is 12.2. The Hall–Kier alpha value is -1.37. The van der Waals surface area contributed by atoms with Crippen molar-refractivity contribution in [3.8, 4) is 11.3 Å². The molecule has 0 aliphatic rings. The minimum atomic E-state index is 0.282. The van der Waals surface area contributed by atoms with Crippen LogP contribution in [0.1, 0.15) is 12.0 Å². The quantitative estimate of drug-likeness (QED) is 0.613. The maximum absolute atomic E-state index is 8.69. The summed E-state index contributed by atoms with van der Waals surface area (Å²) in [6.07, 6.45) is 6.33. The molecule has 0 aromatic carbocycles. The normalized spacial score (nSPS) is 10.8. The van der Waals surface area contributed by atoms with Gasteiger partial charge in [-0.3, -0.25) is 10.1 Å². The molecule has 0 saturated heterocycles. The molecular formula is C14H20N4OS. The fraction of sp³-hybridized carbons (Fsp3) is 0.429. The maximum atomic E-state index is 8.69. The van der Waals surface area contributed by atoms with Gasteiger partial charge in [0.1, 0.15) is 0 Å². The van der Waals surface area contributed by atoms with Gasteiger partial charge >= 0.3 is 0 Å². The molecule has 2 aromatic rings. The van der Waals surface area contributed by atoms with E-state index in [9.17, 15) is 0 Å². The summed E-state index contributed by atoms with van der Waals surface area (Å²) in [6.45, 7) is 2.03. The molecule has 0 saturated carbocycles. The molecule has 3 N–H and O–H groups in total. The number of aliphatic hydroxyl groups excluding tert-OH is 1. The largest absolute Gasteiger partial charge is 0.396 e. The Bertz CT molecular complexity index is 489. The van der Waals surface area contributed by atoms with Crippen LogP contribution in [-0.2, 0) is 6.54 Å². The van der Waals surface area contributed by atoms with E-state index in [2.05, 4.69) is 20.5 Å². The van der Waals surface area contributed by atoms with Crippen molar-refractivity contribution in [1.82, 2.24) is 20.5 Å². The highest BCUT2D eigenvalue weighted by Crippen LogP contribution is 2.19. The molecule has 0 unspecified atom stereocenters. The van der Waals surface area contributed by atoms with Crippen LogP contribution in [0, 0.1) is 0 Å². The fourth-order valence-electron chi connectivity index (χ4n) is 1.84. The molecule has 0 bridgehead atoms. The van der Waals surface area contributed by atoms with E-state index >= 15 is 0 Å². The molecule has 0 radical (unpaired) electrons. The van der Waals surface area contributed by atoms with Gasteiger partial charge < -0.3 is 10.4 Å². The number of aromatic nitrogens is 3. The van der Waals surface area contributed by atoms with Crippen LogP contribution in [0.5, 0.6) is 0 Å². The van der Waals surface area contributed by atoms with E-state index in [4.69, 9.17) is 5.11 Å². The Labute approximate surface area is 123 Å². The second-order valence-corrected chi connectivity index (χ2v) is 5.60. The minimum Gasteiger partial charge on any atom is -0.396 e. The number of thioether (sulfide) groups is 1. The molecule has 0 atom stereocenters. The Morgan fingerprint density at radius 2 is 2.25 bits per heavy atom. The molecule has 2 heterocycles. The first-order valence-corrected chi connectivity index (χ1v) is 7.89. The first-order chi connectivity index (χ1) is 9.92. The predicted octanol–water partition coefficient (Wildman–Crippen LogP) is 1.68. The molecule has 0 fully saturated rings. The van der Waals surface area contributed by atoms with Gasteiger partial charge in [-0.05, 0) is 24.3 Å². The van der Waals surface area contributed by atoms with Crippen LogP contribution in [0.15, 0.2) is 30.7 Å². The van der Waals surface area contributed by atoms with Crippen molar-refractivity contribution < 1.29 is 5.11 Å². The van der Waals surface area contributed by atoms with Gasteiger partial charge in [0.05, 0.1) is 11.9 Å². The second-order valence-electron chi connectivity index (χ2n) is 4.38. The minimum absolute atomic E-state index is 0.282. The zero-order chi connectivity index (χ0) is 14.0. The van der Waals surface area contributed by atoms with E-state index in [0.29, 0.717) is 0 Å². The number of nitrogens with zero attached hydrogens (tertiary/aromatic N) is 2. The molecule has 2 aromatic heterocycles. The number of hydrogen-bond donors (Lipinski definition) is 3. The lowest BCUT2D eigenvalue weighted by Gasteiger charge is -2.05. The number of pyridine rings is 1. The molecule has 6 heteroatoms. The predicted molar refractivity (Wildman–Crippen MR) is 82.6 cm³/mol. The van der Waals surface area contributed by atoms with Gasteiger partial charge in [-0.2, -0.15) is 16.9 Å². The van der Waals surface area contributed by atoms with Gasteiger partial charge in [0.25, 0.3) is 0 Å². The van der Waals surface area contributed by atoms with E-state index in [-0.39, 0.29) is 6.61 Å². The van der Waals surface area contributed by atoms with Gasteiger partial charge in [-0.1, -0.05) is 0 Å². The van der Waals surface area contributed by atoms with E-state index < -0.39 is 0 Å². The van der Waals surface area contributed by atoms with Crippen molar-refractivity contribution in [2.45, 2.75) is 13.0 Å². The number of rotatable bonds is 9. The smallest absolute Gasteiger partial charge is 0.0710 e. The van der Waals surface area contributed by atoms with Crippen molar-refractivity contribution >= 4 is 11.8 Å². The Morgan fingerprint density at radius 1 is 1.30 bits per heavy atom. The average molecular weight is 292 g/mol. The molecule has 0 spiro atoms. The molecule has 5 nitrogen and oxygen atoms in total. The molecule has 0 aliphatic carbocycles. The third kappa shape index (κ3) is 4.63. The van der Waals surface area contributed by atoms with E-state index in [1.165, 1.54) is 0 Å². The highest BCUT2D eigenvalue weighted by molar-refractivity contribution is 7.99. The highest BCUT2D eigenvalue weighted by Gasteiger charge is 2.06. The SMILES string of the molecule is OCCCSCCNCc1cn[nH]c1-c1cccnc1. The van der Waals surface area contributed by atoms with Crippen LogP contribution in [0.4, 0.5) is 0 Å². The van der Waals surface area contributed by atoms with Crippen LogP contribution in [-0.4, -0.2) is 44.9 Å². The lowest BCUT2D eigenvalue weighted by atomic mass is 10.1. The lowest BCUT2D eigenvalue weighted by molar-refractivity contribution is 0.296. The van der Waals surface area contributed by atoms with Gasteiger partial charge in [-0.15, -0.1) is 0 Å². The van der Waals surface area contributed by atoms with Gasteiger partial charge in [0.15, 0.2) is 0 Å². The van der Waals surface area contributed by atoms with E-state index in [0.717, 1.165) is 47.8 Å². The molecule has 0 amide bonds. The lowest BCUT2D eigenvalue weighted by Crippen LogP contribution is -2.16. The highest BCUT2D eigenvalue weighted by atomic mass is 32.2. The van der Waals surface area contributed by atoms with Crippen molar-refractivity contribution in [3.63, 3.8) is 0 Å². The van der Waals surface area contributed by atoms with Crippen molar-refractivity contribution in [3.05, 3.63) is 36.3 Å². The topological polar surface area (TPSA) is 73.8 Å². The molecule has 20 heavy (non-hydrogen) atoms. The maximum Gasteiger partial charge on any atom is 0.0710 e. The summed E-state index contributed by atoms with van der Waals surface area (Å²) in [6, 6.07) is 3.94. The van der Waals surface area contributed by atoms with E-state index in [1.54, 1.807) is 6.20 Å². The van der Waals surface area contributed by atoms with Crippen LogP contribution in [0.25, 0.3) is 11.3 Å². The van der Waals surface area contributed by atoms with Crippen LogP contribution in [0.2, 0.25) is 0 Å². The summed E-state index contributed by atoms with van der Waals surface area (Å²) >= 11 is 1.86. The third-order valence-electron chi connectivity index (χ3n) is 2.85. The third-order valence-corrected chi connectivity index (χ3v) is 3.92. The first-order valence-electron chi connectivity index (χ1n) is 6.74.